The van der Waals surface area contributed by atoms with E-state index in [1.54, 1.807) is 0 Å². The third-order valence-corrected chi connectivity index (χ3v) is 6.22. The molecule has 0 amide bonds. The molecule has 2 rings (SSSR count). The summed E-state index contributed by atoms with van der Waals surface area (Å²) >= 11 is 0. The molecule has 2 aliphatic carbocycles. The molecule has 2 unspecified atom stereocenters. The molecule has 0 aromatic heterocycles. The fraction of sp³-hybridized carbons (Fsp3) is 0.950. The summed E-state index contributed by atoms with van der Waals surface area (Å²) in [5, 5.41) is 3.41. The Labute approximate surface area is 150 Å². The fourth-order valence-corrected chi connectivity index (χ4v) is 4.53. The van der Waals surface area contributed by atoms with E-state index >= 15 is 0 Å². The van der Waals surface area contributed by atoms with Crippen LogP contribution in [0.25, 0.3) is 0 Å². The Morgan fingerprint density at radius 2 is 1.52 bits per heavy atom. The van der Waals surface area contributed by atoms with E-state index in [1.807, 2.05) is 41.5 Å². The Balaban J connectivity index is 2.03. The van der Waals surface area contributed by atoms with Crippen LogP contribution in [0, 0.1) is 16.7 Å². The second-order valence-corrected chi connectivity index (χ2v) is 10.4. The molecule has 0 aromatic rings. The van der Waals surface area contributed by atoms with Gasteiger partial charge in [0.15, 0.2) is 11.5 Å². The van der Waals surface area contributed by atoms with Crippen LogP contribution in [-0.2, 0) is 4.79 Å². The SMILES string of the molecule is CC(C)(C)NC(CC1CCC2(CC1)C(C)(F)C2(F)F)C(=O)C(C)(C)C. The van der Waals surface area contributed by atoms with Gasteiger partial charge in [0, 0.05) is 11.0 Å². The van der Waals surface area contributed by atoms with Crippen LogP contribution in [0.2, 0.25) is 0 Å². The van der Waals surface area contributed by atoms with E-state index in [1.165, 1.54) is 0 Å². The van der Waals surface area contributed by atoms with Crippen molar-refractivity contribution in [1.29, 1.82) is 0 Å². The van der Waals surface area contributed by atoms with E-state index in [-0.39, 0.29) is 36.1 Å². The van der Waals surface area contributed by atoms with Crippen molar-refractivity contribution < 1.29 is 18.0 Å². The van der Waals surface area contributed by atoms with Crippen LogP contribution in [0.3, 0.4) is 0 Å². The first-order valence-electron chi connectivity index (χ1n) is 9.44. The normalized spacial score (nSPS) is 36.3. The number of Topliss-reactive ketones (excluding diaryl/α,β-unsaturated/α-hetero) is 1. The Bertz CT molecular complexity index is 504. The molecule has 0 aromatic carbocycles. The molecule has 0 saturated heterocycles. The van der Waals surface area contributed by atoms with Crippen molar-refractivity contribution in [2.45, 2.75) is 104 Å². The lowest BCUT2D eigenvalue weighted by molar-refractivity contribution is -0.129. The van der Waals surface area contributed by atoms with Crippen LogP contribution in [-0.4, -0.2) is 29.0 Å². The van der Waals surface area contributed by atoms with Crippen molar-refractivity contribution in [3.8, 4) is 0 Å². The molecular weight excluding hydrogens is 327 g/mol. The number of carbonyl (C=O) groups excluding carboxylic acids is 1. The van der Waals surface area contributed by atoms with E-state index in [0.29, 0.717) is 19.3 Å². The maximum Gasteiger partial charge on any atom is 0.290 e. The molecular formula is C20H34F3NO. The molecule has 1 N–H and O–H groups in total. The van der Waals surface area contributed by atoms with E-state index < -0.39 is 22.4 Å². The summed E-state index contributed by atoms with van der Waals surface area (Å²) in [4.78, 5) is 12.8. The minimum Gasteiger partial charge on any atom is -0.303 e. The maximum absolute atomic E-state index is 14.2. The highest BCUT2D eigenvalue weighted by molar-refractivity contribution is 5.88. The van der Waals surface area contributed by atoms with E-state index in [9.17, 15) is 18.0 Å². The minimum atomic E-state index is -3.20. The highest BCUT2D eigenvalue weighted by atomic mass is 19.3. The summed E-state index contributed by atoms with van der Waals surface area (Å²) < 4.78 is 42.0. The average molecular weight is 361 g/mol. The van der Waals surface area contributed by atoms with Crippen molar-refractivity contribution in [3.05, 3.63) is 0 Å². The van der Waals surface area contributed by atoms with Crippen molar-refractivity contribution in [2.75, 3.05) is 0 Å². The Hall–Kier alpha value is -0.580. The summed E-state index contributed by atoms with van der Waals surface area (Å²) in [6.07, 6.45) is 2.19. The third-order valence-electron chi connectivity index (χ3n) is 6.22. The van der Waals surface area contributed by atoms with Gasteiger partial charge in [0.2, 0.25) is 0 Å². The largest absolute Gasteiger partial charge is 0.303 e. The van der Waals surface area contributed by atoms with Gasteiger partial charge in [0.05, 0.1) is 11.5 Å². The number of ketones is 1. The number of hydrogen-bond donors (Lipinski definition) is 1. The predicted octanol–water partition coefficient (Wildman–Crippen LogP) is 5.30. The van der Waals surface area contributed by atoms with Crippen molar-refractivity contribution in [1.82, 2.24) is 5.32 Å². The van der Waals surface area contributed by atoms with Crippen LogP contribution < -0.4 is 5.32 Å². The quantitative estimate of drug-likeness (QED) is 0.736. The monoisotopic (exact) mass is 361 g/mol. The highest BCUT2D eigenvalue weighted by Crippen LogP contribution is 2.76. The summed E-state index contributed by atoms with van der Waals surface area (Å²) in [6, 6.07) is -0.296. The molecule has 146 valence electrons. The lowest BCUT2D eigenvalue weighted by Gasteiger charge is -2.36. The van der Waals surface area contributed by atoms with Crippen LogP contribution in [0.4, 0.5) is 13.2 Å². The number of hydrogen-bond acceptors (Lipinski definition) is 2. The van der Waals surface area contributed by atoms with Gasteiger partial charge in [-0.1, -0.05) is 20.8 Å². The zero-order chi connectivity index (χ0) is 19.5. The number of alkyl halides is 3. The third kappa shape index (κ3) is 3.50. The Kier molecular flexibility index (Phi) is 4.95. The number of halogens is 3. The summed E-state index contributed by atoms with van der Waals surface area (Å²) in [5.74, 6) is -2.87. The molecule has 0 aliphatic heterocycles. The van der Waals surface area contributed by atoms with Gasteiger partial charge in [-0.2, -0.15) is 0 Å². The summed E-state index contributed by atoms with van der Waals surface area (Å²) in [6.45, 7) is 12.8. The second-order valence-electron chi connectivity index (χ2n) is 10.4. The smallest absolute Gasteiger partial charge is 0.290 e. The molecule has 0 bridgehead atoms. The van der Waals surface area contributed by atoms with Gasteiger partial charge in [0.1, 0.15) is 0 Å². The molecule has 2 aliphatic rings. The first kappa shape index (κ1) is 20.7. The van der Waals surface area contributed by atoms with E-state index in [4.69, 9.17) is 0 Å². The molecule has 2 atom stereocenters. The molecule has 2 fully saturated rings. The summed E-state index contributed by atoms with van der Waals surface area (Å²) in [5.41, 5.74) is -4.49. The van der Waals surface area contributed by atoms with Crippen molar-refractivity contribution in [3.63, 3.8) is 0 Å². The van der Waals surface area contributed by atoms with Crippen LogP contribution in [0.15, 0.2) is 0 Å². The summed E-state index contributed by atoms with van der Waals surface area (Å²) in [7, 11) is 0. The van der Waals surface area contributed by atoms with Crippen LogP contribution >= 0.6 is 0 Å². The van der Waals surface area contributed by atoms with Gasteiger partial charge in [-0.25, -0.2) is 13.2 Å². The van der Waals surface area contributed by atoms with Gasteiger partial charge in [-0.3, -0.25) is 4.79 Å². The molecule has 2 saturated carbocycles. The van der Waals surface area contributed by atoms with Crippen LogP contribution in [0.1, 0.15) is 80.6 Å². The minimum absolute atomic E-state index is 0.148. The molecule has 0 heterocycles. The van der Waals surface area contributed by atoms with Gasteiger partial charge in [-0.15, -0.1) is 0 Å². The Morgan fingerprint density at radius 3 is 1.84 bits per heavy atom. The first-order chi connectivity index (χ1) is 11.1. The molecule has 2 nitrogen and oxygen atoms in total. The van der Waals surface area contributed by atoms with Gasteiger partial charge in [-0.05, 0) is 65.7 Å². The second kappa shape index (κ2) is 5.97. The molecule has 1 spiro atoms. The van der Waals surface area contributed by atoms with Gasteiger partial charge in [0.25, 0.3) is 5.92 Å². The number of carbonyl (C=O) groups is 1. The number of rotatable bonds is 4. The number of nitrogens with one attached hydrogen (secondary N) is 1. The zero-order valence-electron chi connectivity index (χ0n) is 16.7. The lowest BCUT2D eigenvalue weighted by atomic mass is 9.73. The average Bonchev–Trinajstić information content (AvgIpc) is 2.75. The Morgan fingerprint density at radius 1 is 1.08 bits per heavy atom. The molecule has 25 heavy (non-hydrogen) atoms. The lowest BCUT2D eigenvalue weighted by Crippen LogP contribution is -2.51. The van der Waals surface area contributed by atoms with Gasteiger partial charge >= 0.3 is 0 Å². The van der Waals surface area contributed by atoms with Crippen LogP contribution in [0.5, 0.6) is 0 Å². The first-order valence-corrected chi connectivity index (χ1v) is 9.44. The predicted molar refractivity (Wildman–Crippen MR) is 94.6 cm³/mol. The topological polar surface area (TPSA) is 29.1 Å². The van der Waals surface area contributed by atoms with Crippen molar-refractivity contribution in [2.24, 2.45) is 16.7 Å². The zero-order valence-corrected chi connectivity index (χ0v) is 16.7. The fourth-order valence-electron chi connectivity index (χ4n) is 4.53. The van der Waals surface area contributed by atoms with Gasteiger partial charge < -0.3 is 5.32 Å². The highest BCUT2D eigenvalue weighted by Gasteiger charge is 2.90. The van der Waals surface area contributed by atoms with E-state index in [2.05, 4.69) is 5.32 Å². The molecule has 5 heteroatoms. The molecule has 0 radical (unpaired) electrons. The standard InChI is InChI=1S/C20H34F3NO/c1-16(2,3)15(25)14(24-17(4,5)6)12-13-8-10-19(11-9-13)18(7,21)20(19,22)23/h13-14,24H,8-12H2,1-7H3. The maximum atomic E-state index is 14.2. The van der Waals surface area contributed by atoms with E-state index in [0.717, 1.165) is 6.92 Å². The van der Waals surface area contributed by atoms with Crippen molar-refractivity contribution >= 4 is 5.78 Å².